The van der Waals surface area contributed by atoms with Crippen LogP contribution in [0.1, 0.15) is 46.6 Å². The highest BCUT2D eigenvalue weighted by atomic mass is 35.5. The van der Waals surface area contributed by atoms with Crippen molar-refractivity contribution in [2.45, 2.75) is 32.2 Å². The van der Waals surface area contributed by atoms with E-state index in [-0.39, 0.29) is 11.9 Å². The third-order valence-corrected chi connectivity index (χ3v) is 5.26. The van der Waals surface area contributed by atoms with E-state index in [4.69, 9.17) is 11.6 Å². The Kier molecular flexibility index (Phi) is 4.32. The van der Waals surface area contributed by atoms with Crippen molar-refractivity contribution in [3.05, 3.63) is 56.7 Å². The van der Waals surface area contributed by atoms with Crippen molar-refractivity contribution < 1.29 is 4.79 Å². The summed E-state index contributed by atoms with van der Waals surface area (Å²) in [5.41, 5.74) is 2.06. The van der Waals surface area contributed by atoms with E-state index in [1.807, 2.05) is 28.4 Å². The lowest BCUT2D eigenvalue weighted by molar-refractivity contribution is 0.0651. The lowest BCUT2D eigenvalue weighted by atomic mass is 9.95. The van der Waals surface area contributed by atoms with Crippen LogP contribution in [0.15, 0.2) is 35.7 Å². The molecule has 3 rings (SSSR count). The van der Waals surface area contributed by atoms with Gasteiger partial charge in [0.15, 0.2) is 0 Å². The van der Waals surface area contributed by atoms with Crippen molar-refractivity contribution in [2.24, 2.45) is 0 Å². The Bertz CT molecular complexity index is 634. The van der Waals surface area contributed by atoms with Gasteiger partial charge < -0.3 is 4.90 Å². The number of nitrogens with zero attached hydrogens (tertiary/aromatic N) is 1. The van der Waals surface area contributed by atoms with Crippen LogP contribution in [0.4, 0.5) is 0 Å². The molecular formula is C17H18ClNOS. The summed E-state index contributed by atoms with van der Waals surface area (Å²) >= 11 is 7.72. The molecule has 0 N–H and O–H groups in total. The van der Waals surface area contributed by atoms with Crippen molar-refractivity contribution in [3.8, 4) is 0 Å². The van der Waals surface area contributed by atoms with Crippen LogP contribution in [0, 0.1) is 0 Å². The average Bonchev–Trinajstić information content (AvgIpc) is 2.97. The normalized spacial score (nSPS) is 17.6. The molecule has 1 aromatic heterocycles. The minimum Gasteiger partial charge on any atom is -0.331 e. The molecule has 0 bridgehead atoms. The van der Waals surface area contributed by atoms with Gasteiger partial charge in [0.25, 0.3) is 5.91 Å². The first-order chi connectivity index (χ1) is 10.2. The lowest BCUT2D eigenvalue weighted by Gasteiger charge is -2.36. The van der Waals surface area contributed by atoms with E-state index < -0.39 is 0 Å². The highest BCUT2D eigenvalue weighted by Gasteiger charge is 2.31. The van der Waals surface area contributed by atoms with Crippen LogP contribution in [0.25, 0.3) is 0 Å². The molecule has 1 aliphatic heterocycles. The third-order valence-electron chi connectivity index (χ3n) is 4.01. The second-order valence-electron chi connectivity index (χ2n) is 5.36. The zero-order valence-corrected chi connectivity index (χ0v) is 13.6. The fraction of sp³-hybridized carbons (Fsp3) is 0.353. The zero-order chi connectivity index (χ0) is 14.8. The SMILES string of the molecule is CCC[C@@H]1c2ccsc2CCN1C(=O)c1ccc(Cl)cc1. The van der Waals surface area contributed by atoms with Gasteiger partial charge in [-0.1, -0.05) is 24.9 Å². The number of rotatable bonds is 3. The van der Waals surface area contributed by atoms with Crippen LogP contribution < -0.4 is 0 Å². The highest BCUT2D eigenvalue weighted by Crippen LogP contribution is 2.36. The fourth-order valence-electron chi connectivity index (χ4n) is 2.98. The minimum absolute atomic E-state index is 0.113. The monoisotopic (exact) mass is 319 g/mol. The lowest BCUT2D eigenvalue weighted by Crippen LogP contribution is -2.39. The van der Waals surface area contributed by atoms with E-state index >= 15 is 0 Å². The molecular weight excluding hydrogens is 302 g/mol. The number of amides is 1. The topological polar surface area (TPSA) is 20.3 Å². The van der Waals surface area contributed by atoms with E-state index in [1.54, 1.807) is 12.1 Å². The van der Waals surface area contributed by atoms with Gasteiger partial charge in [-0.15, -0.1) is 11.3 Å². The number of hydrogen-bond donors (Lipinski definition) is 0. The molecule has 1 amide bonds. The highest BCUT2D eigenvalue weighted by molar-refractivity contribution is 7.10. The molecule has 2 nitrogen and oxygen atoms in total. The molecule has 0 saturated carbocycles. The number of thiophene rings is 1. The van der Waals surface area contributed by atoms with E-state index in [9.17, 15) is 4.79 Å². The van der Waals surface area contributed by atoms with Crippen LogP contribution in [-0.2, 0) is 6.42 Å². The fourth-order valence-corrected chi connectivity index (χ4v) is 4.04. The predicted octanol–water partition coefficient (Wildman–Crippen LogP) is 4.94. The number of carbonyl (C=O) groups is 1. The summed E-state index contributed by atoms with van der Waals surface area (Å²) in [4.78, 5) is 16.3. The molecule has 21 heavy (non-hydrogen) atoms. The number of hydrogen-bond acceptors (Lipinski definition) is 2. The molecule has 1 aromatic carbocycles. The molecule has 2 heterocycles. The van der Waals surface area contributed by atoms with E-state index in [0.717, 1.165) is 31.4 Å². The Hall–Kier alpha value is -1.32. The maximum atomic E-state index is 12.8. The van der Waals surface area contributed by atoms with Crippen molar-refractivity contribution in [3.63, 3.8) is 0 Å². The summed E-state index contributed by atoms with van der Waals surface area (Å²) in [7, 11) is 0. The van der Waals surface area contributed by atoms with Gasteiger partial charge in [0, 0.05) is 22.0 Å². The standard InChI is InChI=1S/C17H18ClNOS/c1-2-3-15-14-9-11-21-16(14)8-10-19(15)17(20)12-4-6-13(18)7-5-12/h4-7,9,11,15H,2-3,8,10H2,1H3/t15-/m1/s1. The van der Waals surface area contributed by atoms with Crippen LogP contribution >= 0.6 is 22.9 Å². The van der Waals surface area contributed by atoms with Crippen molar-refractivity contribution >= 4 is 28.8 Å². The molecule has 0 saturated heterocycles. The summed E-state index contributed by atoms with van der Waals surface area (Å²) < 4.78 is 0. The van der Waals surface area contributed by atoms with Crippen molar-refractivity contribution in [2.75, 3.05) is 6.54 Å². The van der Waals surface area contributed by atoms with E-state index in [2.05, 4.69) is 18.4 Å². The molecule has 0 fully saturated rings. The summed E-state index contributed by atoms with van der Waals surface area (Å²) in [5, 5.41) is 2.80. The second kappa shape index (κ2) is 6.20. The smallest absolute Gasteiger partial charge is 0.254 e. The Morgan fingerprint density at radius 1 is 1.33 bits per heavy atom. The Labute approximate surface area is 134 Å². The number of benzene rings is 1. The Morgan fingerprint density at radius 3 is 2.81 bits per heavy atom. The predicted molar refractivity (Wildman–Crippen MR) is 88.2 cm³/mol. The second-order valence-corrected chi connectivity index (χ2v) is 6.80. The maximum Gasteiger partial charge on any atom is 0.254 e. The summed E-state index contributed by atoms with van der Waals surface area (Å²) in [6.07, 6.45) is 3.06. The van der Waals surface area contributed by atoms with Crippen LogP contribution in [0.3, 0.4) is 0 Å². The van der Waals surface area contributed by atoms with E-state index in [1.165, 1.54) is 10.4 Å². The number of carbonyl (C=O) groups excluding carboxylic acids is 1. The number of halogens is 1. The van der Waals surface area contributed by atoms with Gasteiger partial charge in [-0.05, 0) is 54.1 Å². The molecule has 0 unspecified atom stereocenters. The summed E-state index contributed by atoms with van der Waals surface area (Å²) in [6.45, 7) is 2.98. The quantitative estimate of drug-likeness (QED) is 0.784. The first-order valence-corrected chi connectivity index (χ1v) is 8.59. The molecule has 0 radical (unpaired) electrons. The molecule has 1 atom stereocenters. The van der Waals surface area contributed by atoms with Crippen LogP contribution in [0.2, 0.25) is 5.02 Å². The first kappa shape index (κ1) is 14.6. The van der Waals surface area contributed by atoms with Gasteiger partial charge in [0.05, 0.1) is 6.04 Å². The van der Waals surface area contributed by atoms with Gasteiger partial charge in [0.2, 0.25) is 0 Å². The average molecular weight is 320 g/mol. The van der Waals surface area contributed by atoms with Gasteiger partial charge in [-0.3, -0.25) is 4.79 Å². The summed E-state index contributed by atoms with van der Waals surface area (Å²) in [6, 6.07) is 9.59. The van der Waals surface area contributed by atoms with Crippen LogP contribution in [0.5, 0.6) is 0 Å². The van der Waals surface area contributed by atoms with Crippen molar-refractivity contribution in [1.29, 1.82) is 0 Å². The molecule has 2 aromatic rings. The first-order valence-electron chi connectivity index (χ1n) is 7.33. The van der Waals surface area contributed by atoms with Gasteiger partial charge >= 0.3 is 0 Å². The Morgan fingerprint density at radius 2 is 2.10 bits per heavy atom. The molecule has 1 aliphatic rings. The minimum atomic E-state index is 0.113. The molecule has 110 valence electrons. The maximum absolute atomic E-state index is 12.8. The van der Waals surface area contributed by atoms with Gasteiger partial charge in [-0.25, -0.2) is 0 Å². The third kappa shape index (κ3) is 2.85. The molecule has 0 aliphatic carbocycles. The Balaban J connectivity index is 1.90. The van der Waals surface area contributed by atoms with Gasteiger partial charge in [-0.2, -0.15) is 0 Å². The molecule has 0 spiro atoms. The van der Waals surface area contributed by atoms with Crippen molar-refractivity contribution in [1.82, 2.24) is 4.90 Å². The van der Waals surface area contributed by atoms with E-state index in [0.29, 0.717) is 5.02 Å². The summed E-state index contributed by atoms with van der Waals surface area (Å²) in [5.74, 6) is 0.113. The molecule has 4 heteroatoms. The zero-order valence-electron chi connectivity index (χ0n) is 12.0. The van der Waals surface area contributed by atoms with Crippen LogP contribution in [-0.4, -0.2) is 17.4 Å². The number of fused-ring (bicyclic) bond motifs is 1. The largest absolute Gasteiger partial charge is 0.331 e. The van der Waals surface area contributed by atoms with Gasteiger partial charge in [0.1, 0.15) is 0 Å².